The molecule has 0 atom stereocenters. The normalized spacial score (nSPS) is 12.0. The van der Waals surface area contributed by atoms with Crippen molar-refractivity contribution in [1.82, 2.24) is 9.80 Å². The number of ketones is 2. The van der Waals surface area contributed by atoms with Crippen LogP contribution < -0.4 is 0 Å². The first-order valence-corrected chi connectivity index (χ1v) is 12.8. The lowest BCUT2D eigenvalue weighted by Crippen LogP contribution is -2.24. The Labute approximate surface area is 197 Å². The Morgan fingerprint density at radius 1 is 0.656 bits per heavy atom. The molecule has 0 radical (unpaired) electrons. The predicted octanol–water partition coefficient (Wildman–Crippen LogP) is 6.37. The van der Waals surface area contributed by atoms with Crippen LogP contribution in [0.2, 0.25) is 0 Å². The fourth-order valence-corrected chi connectivity index (χ4v) is 3.99. The van der Waals surface area contributed by atoms with E-state index in [9.17, 15) is 9.59 Å². The minimum Gasteiger partial charge on any atom is -0.304 e. The van der Waals surface area contributed by atoms with E-state index in [1.165, 1.54) is 0 Å². The molecule has 4 nitrogen and oxygen atoms in total. The zero-order chi connectivity index (χ0) is 24.1. The molecular formula is C28H48N2O2. The fraction of sp³-hybridized carbons (Fsp3) is 0.714. The summed E-state index contributed by atoms with van der Waals surface area (Å²) in [4.78, 5) is 30.7. The van der Waals surface area contributed by atoms with Crippen molar-refractivity contribution >= 4 is 11.6 Å². The fourth-order valence-electron chi connectivity index (χ4n) is 3.99. The molecule has 4 heteroatoms. The molecule has 182 valence electrons. The molecular weight excluding hydrogens is 396 g/mol. The Hall–Kier alpha value is -1.52. The minimum absolute atomic E-state index is 0.100. The molecule has 0 fully saturated rings. The third-order valence-electron chi connectivity index (χ3n) is 6.49. The number of rotatable bonds is 16. The zero-order valence-electron chi connectivity index (χ0n) is 21.9. The topological polar surface area (TPSA) is 40.6 Å². The van der Waals surface area contributed by atoms with Crippen LogP contribution in [0.5, 0.6) is 0 Å². The van der Waals surface area contributed by atoms with E-state index >= 15 is 0 Å². The Morgan fingerprint density at radius 2 is 1.03 bits per heavy atom. The van der Waals surface area contributed by atoms with Gasteiger partial charge in [-0.25, -0.2) is 0 Å². The van der Waals surface area contributed by atoms with Gasteiger partial charge in [-0.15, -0.1) is 0 Å². The molecule has 0 spiro atoms. The first kappa shape index (κ1) is 28.5. The van der Waals surface area contributed by atoms with Gasteiger partial charge < -0.3 is 9.80 Å². The van der Waals surface area contributed by atoms with Crippen molar-refractivity contribution in [1.29, 1.82) is 0 Å². The smallest absolute Gasteiger partial charge is 0.162 e. The third-order valence-corrected chi connectivity index (χ3v) is 6.49. The predicted molar refractivity (Wildman–Crippen MR) is 137 cm³/mol. The van der Waals surface area contributed by atoms with Gasteiger partial charge in [0.1, 0.15) is 0 Å². The molecule has 0 N–H and O–H groups in total. The average Bonchev–Trinajstić information content (AvgIpc) is 2.78. The van der Waals surface area contributed by atoms with Crippen LogP contribution in [0.4, 0.5) is 0 Å². The molecule has 1 aromatic rings. The van der Waals surface area contributed by atoms with E-state index in [2.05, 4.69) is 58.3 Å². The van der Waals surface area contributed by atoms with Crippen molar-refractivity contribution < 1.29 is 9.59 Å². The summed E-state index contributed by atoms with van der Waals surface area (Å²) in [5, 5.41) is 0. The van der Waals surface area contributed by atoms with Crippen LogP contribution in [0.25, 0.3) is 0 Å². The second-order valence-corrected chi connectivity index (χ2v) is 9.86. The van der Waals surface area contributed by atoms with Gasteiger partial charge in [0.05, 0.1) is 0 Å². The van der Waals surface area contributed by atoms with E-state index in [0.29, 0.717) is 24.0 Å². The highest BCUT2D eigenvalue weighted by atomic mass is 16.1. The lowest BCUT2D eigenvalue weighted by atomic mass is 9.83. The SMILES string of the molecule is CCN(CC)CCCCC(=O)c1cc(C(=O)CCCCN(CC)CC)cc(C(C)(C)C)c1. The number of carbonyl (C=O) groups is 2. The van der Waals surface area contributed by atoms with Crippen molar-refractivity contribution in [2.75, 3.05) is 39.3 Å². The average molecular weight is 445 g/mol. The first-order chi connectivity index (χ1) is 15.2. The third kappa shape index (κ3) is 9.95. The van der Waals surface area contributed by atoms with Crippen molar-refractivity contribution in [3.8, 4) is 0 Å². The monoisotopic (exact) mass is 444 g/mol. The molecule has 0 unspecified atom stereocenters. The standard InChI is InChI=1S/C28H48N2O2/c1-8-29(9-2)18-14-12-16-26(31)23-20-24(22-25(21-23)28(5,6)7)27(32)17-13-15-19-30(10-3)11-4/h20-22H,8-19H2,1-7H3. The molecule has 32 heavy (non-hydrogen) atoms. The van der Waals surface area contributed by atoms with Crippen LogP contribution in [0.15, 0.2) is 18.2 Å². The van der Waals surface area contributed by atoms with Crippen molar-refractivity contribution in [2.45, 2.75) is 92.4 Å². The van der Waals surface area contributed by atoms with Gasteiger partial charge in [0, 0.05) is 24.0 Å². The highest BCUT2D eigenvalue weighted by Gasteiger charge is 2.20. The van der Waals surface area contributed by atoms with Gasteiger partial charge in [0.25, 0.3) is 0 Å². The maximum atomic E-state index is 13.0. The zero-order valence-corrected chi connectivity index (χ0v) is 21.9. The number of carbonyl (C=O) groups excluding carboxylic acids is 2. The molecule has 0 amide bonds. The summed E-state index contributed by atoms with van der Waals surface area (Å²) >= 11 is 0. The Kier molecular flexibility index (Phi) is 13.0. The van der Waals surface area contributed by atoms with Crippen LogP contribution in [-0.4, -0.2) is 60.6 Å². The van der Waals surface area contributed by atoms with Gasteiger partial charge >= 0.3 is 0 Å². The quantitative estimate of drug-likeness (QED) is 0.219. The van der Waals surface area contributed by atoms with Gasteiger partial charge in [0.2, 0.25) is 0 Å². The van der Waals surface area contributed by atoms with E-state index in [1.54, 1.807) is 0 Å². The van der Waals surface area contributed by atoms with Gasteiger partial charge in [-0.05, 0) is 94.1 Å². The van der Waals surface area contributed by atoms with E-state index in [1.807, 2.05) is 18.2 Å². The Balaban J connectivity index is 2.80. The van der Waals surface area contributed by atoms with Crippen LogP contribution in [0.1, 0.15) is 113 Å². The van der Waals surface area contributed by atoms with Gasteiger partial charge in [0.15, 0.2) is 11.6 Å². The van der Waals surface area contributed by atoms with Crippen molar-refractivity contribution in [3.05, 3.63) is 34.9 Å². The lowest BCUT2D eigenvalue weighted by molar-refractivity contribution is 0.0977. The molecule has 0 aromatic heterocycles. The highest BCUT2D eigenvalue weighted by Crippen LogP contribution is 2.26. The molecule has 0 aliphatic heterocycles. The summed E-state index contributed by atoms with van der Waals surface area (Å²) in [7, 11) is 0. The number of unbranched alkanes of at least 4 members (excludes halogenated alkanes) is 2. The molecule has 1 rings (SSSR count). The summed E-state index contributed by atoms with van der Waals surface area (Å²) in [6.45, 7) is 21.4. The summed E-state index contributed by atoms with van der Waals surface area (Å²) in [5.41, 5.74) is 2.37. The molecule has 0 saturated heterocycles. The summed E-state index contributed by atoms with van der Waals surface area (Å²) < 4.78 is 0. The summed E-state index contributed by atoms with van der Waals surface area (Å²) in [6, 6.07) is 5.85. The van der Waals surface area contributed by atoms with Crippen LogP contribution >= 0.6 is 0 Å². The van der Waals surface area contributed by atoms with Crippen LogP contribution in [-0.2, 0) is 5.41 Å². The Morgan fingerprint density at radius 3 is 1.34 bits per heavy atom. The number of hydrogen-bond acceptors (Lipinski definition) is 4. The van der Waals surface area contributed by atoms with E-state index < -0.39 is 0 Å². The van der Waals surface area contributed by atoms with Crippen molar-refractivity contribution in [3.63, 3.8) is 0 Å². The van der Waals surface area contributed by atoms with E-state index in [4.69, 9.17) is 0 Å². The second kappa shape index (κ2) is 14.6. The number of benzene rings is 1. The minimum atomic E-state index is -0.100. The first-order valence-electron chi connectivity index (χ1n) is 12.8. The maximum absolute atomic E-state index is 13.0. The summed E-state index contributed by atoms with van der Waals surface area (Å²) in [5.74, 6) is 0.317. The Bertz CT molecular complexity index is 648. The molecule has 0 saturated carbocycles. The van der Waals surface area contributed by atoms with Crippen LogP contribution in [0, 0.1) is 0 Å². The second-order valence-electron chi connectivity index (χ2n) is 9.86. The van der Waals surface area contributed by atoms with Gasteiger partial charge in [-0.1, -0.05) is 48.5 Å². The maximum Gasteiger partial charge on any atom is 0.162 e. The summed E-state index contributed by atoms with van der Waals surface area (Å²) in [6.07, 6.45) is 4.95. The van der Waals surface area contributed by atoms with E-state index in [0.717, 1.165) is 70.5 Å². The largest absolute Gasteiger partial charge is 0.304 e. The molecule has 0 bridgehead atoms. The molecule has 0 aliphatic rings. The number of Topliss-reactive ketones (excluding diaryl/α,β-unsaturated/α-hetero) is 2. The van der Waals surface area contributed by atoms with Crippen molar-refractivity contribution in [2.24, 2.45) is 0 Å². The van der Waals surface area contributed by atoms with Gasteiger partial charge in [-0.3, -0.25) is 9.59 Å². The van der Waals surface area contributed by atoms with E-state index in [-0.39, 0.29) is 17.0 Å². The lowest BCUT2D eigenvalue weighted by Gasteiger charge is -2.21. The number of nitrogens with zero attached hydrogens (tertiary/aromatic N) is 2. The highest BCUT2D eigenvalue weighted by molar-refractivity contribution is 6.01. The van der Waals surface area contributed by atoms with Crippen LogP contribution in [0.3, 0.4) is 0 Å². The van der Waals surface area contributed by atoms with Gasteiger partial charge in [-0.2, -0.15) is 0 Å². The molecule has 1 aromatic carbocycles. The number of hydrogen-bond donors (Lipinski definition) is 0. The molecule has 0 heterocycles. The molecule has 0 aliphatic carbocycles.